The van der Waals surface area contributed by atoms with E-state index in [1.807, 2.05) is 13.8 Å². The van der Waals surface area contributed by atoms with E-state index in [1.54, 1.807) is 0 Å². The van der Waals surface area contributed by atoms with E-state index >= 15 is 0 Å². The molecule has 0 radical (unpaired) electrons. The summed E-state index contributed by atoms with van der Waals surface area (Å²) in [5.41, 5.74) is 5.10. The van der Waals surface area contributed by atoms with Crippen LogP contribution in [0.1, 0.15) is 79.7 Å². The third-order valence-electron chi connectivity index (χ3n) is 6.00. The third kappa shape index (κ3) is 4.02. The van der Waals surface area contributed by atoms with Gasteiger partial charge in [-0.2, -0.15) is 0 Å². The average Bonchev–Trinajstić information content (AvgIpc) is 3.39. The number of carbonyl (C=O) groups excluding carboxylic acids is 1. The molecule has 0 spiro atoms. The number of nitrogens with one attached hydrogen (secondary N) is 1. The minimum Gasteiger partial charge on any atom is -0.390 e. The Kier molecular flexibility index (Phi) is 5.70. The molecule has 4 N–H and O–H groups in total. The smallest absolute Gasteiger partial charge is 0.354 e. The molecule has 0 aliphatic heterocycles. The van der Waals surface area contributed by atoms with Crippen LogP contribution in [0.2, 0.25) is 0 Å². The van der Waals surface area contributed by atoms with E-state index in [4.69, 9.17) is 10.1 Å². The van der Waals surface area contributed by atoms with Gasteiger partial charge in [0.1, 0.15) is 4.21 Å². The fourth-order valence-corrected chi connectivity index (χ4v) is 6.84. The first-order chi connectivity index (χ1) is 14.5. The Morgan fingerprint density at radius 3 is 2.71 bits per heavy atom. The van der Waals surface area contributed by atoms with E-state index < -0.39 is 22.6 Å². The first kappa shape index (κ1) is 22.3. The van der Waals surface area contributed by atoms with Gasteiger partial charge in [0.05, 0.1) is 28.7 Å². The molecule has 8 nitrogen and oxygen atoms in total. The van der Waals surface area contributed by atoms with Crippen LogP contribution in [0.4, 0.5) is 10.5 Å². The molecule has 2 amide bonds. The second-order valence-electron chi connectivity index (χ2n) is 9.17. The van der Waals surface area contributed by atoms with Gasteiger partial charge in [-0.3, -0.25) is 4.98 Å². The lowest BCUT2D eigenvalue weighted by Gasteiger charge is -2.20. The fourth-order valence-electron chi connectivity index (χ4n) is 4.36. The molecular formula is C21H29N5O3S2. The number of amides is 2. The maximum Gasteiger partial charge on any atom is 0.354 e. The molecule has 2 aromatic heterocycles. The van der Waals surface area contributed by atoms with E-state index in [1.165, 1.54) is 0 Å². The minimum absolute atomic E-state index is 0.0447. The molecule has 1 atom stereocenters. The van der Waals surface area contributed by atoms with Crippen LogP contribution in [0, 0.1) is 0 Å². The zero-order chi connectivity index (χ0) is 22.6. The van der Waals surface area contributed by atoms with Crippen LogP contribution < -0.4 is 10.5 Å². The topological polar surface area (TPSA) is 131 Å². The van der Waals surface area contributed by atoms with Crippen LogP contribution in [-0.4, -0.2) is 25.3 Å². The van der Waals surface area contributed by atoms with Crippen LogP contribution >= 0.6 is 11.3 Å². The van der Waals surface area contributed by atoms with Crippen molar-refractivity contribution in [1.29, 1.82) is 0 Å². The van der Waals surface area contributed by atoms with Gasteiger partial charge >= 0.3 is 6.03 Å². The SMILES string of the molecule is CC(C)c1nc(CO)c(S(N)(=O)=NC(=O)Nc2c3c(nc4c2CCC4(C)C)CCC3)s1. The van der Waals surface area contributed by atoms with Gasteiger partial charge in [0.15, 0.2) is 9.92 Å². The second kappa shape index (κ2) is 7.91. The highest BCUT2D eigenvalue weighted by Crippen LogP contribution is 2.44. The molecule has 31 heavy (non-hydrogen) atoms. The molecule has 0 saturated heterocycles. The molecule has 0 fully saturated rings. The number of aliphatic hydroxyl groups excluding tert-OH is 1. The molecule has 168 valence electrons. The molecule has 2 aliphatic rings. The van der Waals surface area contributed by atoms with Crippen molar-refractivity contribution in [3.05, 3.63) is 33.2 Å². The van der Waals surface area contributed by atoms with Gasteiger partial charge < -0.3 is 10.4 Å². The largest absolute Gasteiger partial charge is 0.390 e. The quantitative estimate of drug-likeness (QED) is 0.635. The van der Waals surface area contributed by atoms with Crippen LogP contribution in [0.3, 0.4) is 0 Å². The Morgan fingerprint density at radius 2 is 2.03 bits per heavy atom. The highest BCUT2D eigenvalue weighted by molar-refractivity contribution is 7.93. The Bertz CT molecular complexity index is 1180. The molecule has 2 aliphatic carbocycles. The number of aliphatic hydroxyl groups is 1. The summed E-state index contributed by atoms with van der Waals surface area (Å²) >= 11 is 1.13. The monoisotopic (exact) mass is 463 g/mol. The van der Waals surface area contributed by atoms with E-state index in [-0.39, 0.29) is 21.2 Å². The van der Waals surface area contributed by atoms with Gasteiger partial charge in [0, 0.05) is 17.0 Å². The first-order valence-electron chi connectivity index (χ1n) is 10.5. The summed E-state index contributed by atoms with van der Waals surface area (Å²) in [5, 5.41) is 19.2. The molecule has 4 rings (SSSR count). The highest BCUT2D eigenvalue weighted by atomic mass is 32.2. The Balaban J connectivity index is 1.72. The molecule has 0 bridgehead atoms. The van der Waals surface area contributed by atoms with Crippen LogP contribution in [0.25, 0.3) is 0 Å². The van der Waals surface area contributed by atoms with Crippen LogP contribution in [0.15, 0.2) is 8.57 Å². The lowest BCUT2D eigenvalue weighted by Crippen LogP contribution is -2.20. The fraction of sp³-hybridized carbons (Fsp3) is 0.571. The third-order valence-corrected chi connectivity index (χ3v) is 9.37. The van der Waals surface area contributed by atoms with E-state index in [0.29, 0.717) is 5.01 Å². The number of nitrogens with two attached hydrogens (primary N) is 1. The van der Waals surface area contributed by atoms with Crippen molar-refractivity contribution in [3.8, 4) is 0 Å². The molecule has 0 saturated carbocycles. The predicted molar refractivity (Wildman–Crippen MR) is 122 cm³/mol. The number of carbonyl (C=O) groups is 1. The molecule has 2 heterocycles. The maximum absolute atomic E-state index is 13.2. The van der Waals surface area contributed by atoms with Gasteiger partial charge in [0.25, 0.3) is 0 Å². The lowest BCUT2D eigenvalue weighted by molar-refractivity contribution is 0.260. The zero-order valence-corrected chi connectivity index (χ0v) is 20.0. The number of aromatic nitrogens is 2. The van der Waals surface area contributed by atoms with Crippen molar-refractivity contribution in [3.63, 3.8) is 0 Å². The van der Waals surface area contributed by atoms with Crippen LogP contribution in [-0.2, 0) is 41.2 Å². The number of thiazole rings is 1. The Morgan fingerprint density at radius 1 is 1.29 bits per heavy atom. The summed E-state index contributed by atoms with van der Waals surface area (Å²) in [5.74, 6) is 0.0819. The summed E-state index contributed by atoms with van der Waals surface area (Å²) in [7, 11) is -3.54. The van der Waals surface area contributed by atoms with Crippen molar-refractivity contribution in [1.82, 2.24) is 9.97 Å². The second-order valence-corrected chi connectivity index (χ2v) is 12.2. The van der Waals surface area contributed by atoms with Gasteiger partial charge in [-0.15, -0.1) is 15.7 Å². The number of urea groups is 1. The number of rotatable bonds is 4. The van der Waals surface area contributed by atoms with Crippen molar-refractivity contribution >= 4 is 33.0 Å². The molecule has 1 unspecified atom stereocenters. The van der Waals surface area contributed by atoms with Crippen molar-refractivity contribution in [2.45, 2.75) is 81.9 Å². The normalized spacial score (nSPS) is 18.5. The number of fused-ring (bicyclic) bond motifs is 2. The number of hydrogen-bond donors (Lipinski definition) is 3. The van der Waals surface area contributed by atoms with E-state index in [9.17, 15) is 14.1 Å². The lowest BCUT2D eigenvalue weighted by atomic mass is 9.90. The summed E-state index contributed by atoms with van der Waals surface area (Å²) < 4.78 is 17.2. The summed E-state index contributed by atoms with van der Waals surface area (Å²) in [6, 6.07) is -0.747. The highest BCUT2D eigenvalue weighted by Gasteiger charge is 2.36. The molecule has 10 heteroatoms. The molecular weight excluding hydrogens is 434 g/mol. The molecule has 2 aromatic rings. The Labute approximate surface area is 187 Å². The summed E-state index contributed by atoms with van der Waals surface area (Å²) in [6.07, 6.45) is 4.54. The number of aryl methyl sites for hydroxylation is 1. The summed E-state index contributed by atoms with van der Waals surface area (Å²) in [4.78, 5) is 22.1. The summed E-state index contributed by atoms with van der Waals surface area (Å²) in [6.45, 7) is 7.81. The average molecular weight is 464 g/mol. The van der Waals surface area contributed by atoms with Gasteiger partial charge in [-0.25, -0.2) is 19.1 Å². The number of anilines is 1. The van der Waals surface area contributed by atoms with Crippen molar-refractivity contribution < 1.29 is 14.1 Å². The van der Waals surface area contributed by atoms with Crippen molar-refractivity contribution in [2.24, 2.45) is 9.50 Å². The van der Waals surface area contributed by atoms with E-state index in [2.05, 4.69) is 28.5 Å². The number of nitrogens with zero attached hydrogens (tertiary/aromatic N) is 3. The van der Waals surface area contributed by atoms with Gasteiger partial charge in [0.2, 0.25) is 0 Å². The standard InChI is InChI=1S/C21H29N5O3S2/c1-11(2)18-24-15(10-27)19(30-18)31(22,29)26-20(28)25-16-12-6-5-7-14(12)23-17-13(16)8-9-21(17,3)4/h11,27H,5-10H2,1-4H3,(H3,22,23,25,26,28,29). The Hall–Kier alpha value is -1.88. The van der Waals surface area contributed by atoms with E-state index in [0.717, 1.165) is 71.6 Å². The zero-order valence-electron chi connectivity index (χ0n) is 18.3. The van der Waals surface area contributed by atoms with Crippen molar-refractivity contribution in [2.75, 3.05) is 5.32 Å². The van der Waals surface area contributed by atoms with Crippen LogP contribution in [0.5, 0.6) is 0 Å². The number of hydrogen-bond acceptors (Lipinski definition) is 6. The van der Waals surface area contributed by atoms with Gasteiger partial charge in [-0.1, -0.05) is 27.7 Å². The first-order valence-corrected chi connectivity index (χ1v) is 12.9. The van der Waals surface area contributed by atoms with Gasteiger partial charge in [-0.05, 0) is 43.2 Å². The number of pyridine rings is 1. The maximum atomic E-state index is 13.2. The minimum atomic E-state index is -3.54. The predicted octanol–water partition coefficient (Wildman–Crippen LogP) is 3.80. The molecule has 0 aromatic carbocycles.